The van der Waals surface area contributed by atoms with Crippen LogP contribution in [-0.2, 0) is 6.61 Å². The summed E-state index contributed by atoms with van der Waals surface area (Å²) in [6.07, 6.45) is 5.18. The molecular weight excluding hydrogens is 312 g/mol. The summed E-state index contributed by atoms with van der Waals surface area (Å²) in [6.45, 7) is 0.549. The van der Waals surface area contributed by atoms with Gasteiger partial charge in [-0.25, -0.2) is 4.98 Å². The molecule has 4 aromatic rings. The summed E-state index contributed by atoms with van der Waals surface area (Å²) in [6, 6.07) is 21.7. The molecular formula is C21H16N2O2. The van der Waals surface area contributed by atoms with Gasteiger partial charge in [-0.15, -0.1) is 0 Å². The molecule has 2 heterocycles. The fourth-order valence-corrected chi connectivity index (χ4v) is 2.49. The van der Waals surface area contributed by atoms with E-state index < -0.39 is 0 Å². The van der Waals surface area contributed by atoms with Crippen LogP contribution in [0.25, 0.3) is 22.8 Å². The molecule has 0 saturated carbocycles. The number of hydrogen-bond acceptors (Lipinski definition) is 4. The molecule has 25 heavy (non-hydrogen) atoms. The molecule has 0 amide bonds. The summed E-state index contributed by atoms with van der Waals surface area (Å²) in [5, 5.41) is 0. The van der Waals surface area contributed by atoms with Gasteiger partial charge in [0, 0.05) is 18.0 Å². The van der Waals surface area contributed by atoms with Crippen LogP contribution in [0.3, 0.4) is 0 Å². The van der Waals surface area contributed by atoms with E-state index in [2.05, 4.69) is 9.97 Å². The maximum absolute atomic E-state index is 5.83. The largest absolute Gasteiger partial charge is 0.489 e. The highest BCUT2D eigenvalue weighted by atomic mass is 16.5. The molecule has 0 aliphatic heterocycles. The molecule has 0 fully saturated rings. The van der Waals surface area contributed by atoms with E-state index in [1.54, 1.807) is 18.6 Å². The molecule has 4 heteroatoms. The number of hydrogen-bond donors (Lipinski definition) is 0. The van der Waals surface area contributed by atoms with Crippen LogP contribution >= 0.6 is 0 Å². The van der Waals surface area contributed by atoms with E-state index in [0.717, 1.165) is 22.4 Å². The van der Waals surface area contributed by atoms with Crippen LogP contribution in [0.2, 0.25) is 0 Å². The number of pyridine rings is 1. The predicted octanol–water partition coefficient (Wildman–Crippen LogP) is 4.98. The van der Waals surface area contributed by atoms with E-state index in [-0.39, 0.29) is 0 Å². The van der Waals surface area contributed by atoms with Gasteiger partial charge >= 0.3 is 0 Å². The molecule has 4 rings (SSSR count). The summed E-state index contributed by atoms with van der Waals surface area (Å²) in [5.41, 5.74) is 2.95. The molecule has 122 valence electrons. The number of oxazole rings is 1. The third-order valence-corrected chi connectivity index (χ3v) is 3.80. The van der Waals surface area contributed by atoms with E-state index >= 15 is 0 Å². The monoisotopic (exact) mass is 328 g/mol. The van der Waals surface area contributed by atoms with Gasteiger partial charge in [0.1, 0.15) is 12.4 Å². The van der Waals surface area contributed by atoms with Crippen LogP contribution in [0.4, 0.5) is 0 Å². The Labute approximate surface area is 145 Å². The van der Waals surface area contributed by atoms with E-state index in [0.29, 0.717) is 18.3 Å². The van der Waals surface area contributed by atoms with Crippen molar-refractivity contribution < 1.29 is 9.15 Å². The second kappa shape index (κ2) is 7.01. The lowest BCUT2D eigenvalue weighted by molar-refractivity contribution is 0.306. The van der Waals surface area contributed by atoms with Gasteiger partial charge in [-0.2, -0.15) is 0 Å². The highest BCUT2D eigenvalue weighted by Gasteiger charge is 2.08. The van der Waals surface area contributed by atoms with Crippen molar-refractivity contribution in [3.8, 4) is 28.5 Å². The minimum absolute atomic E-state index is 0.549. The smallest absolute Gasteiger partial charge is 0.228 e. The van der Waals surface area contributed by atoms with Crippen molar-refractivity contribution in [1.29, 1.82) is 0 Å². The predicted molar refractivity (Wildman–Crippen MR) is 95.9 cm³/mol. The van der Waals surface area contributed by atoms with Gasteiger partial charge in [0.15, 0.2) is 5.76 Å². The van der Waals surface area contributed by atoms with E-state index in [9.17, 15) is 0 Å². The number of benzene rings is 2. The Morgan fingerprint density at radius 3 is 2.40 bits per heavy atom. The van der Waals surface area contributed by atoms with E-state index in [4.69, 9.17) is 9.15 Å². The van der Waals surface area contributed by atoms with Gasteiger partial charge in [0.2, 0.25) is 5.89 Å². The molecule has 0 saturated heterocycles. The van der Waals surface area contributed by atoms with Crippen LogP contribution in [0.15, 0.2) is 89.7 Å². The maximum atomic E-state index is 5.83. The Morgan fingerprint density at radius 1 is 0.800 bits per heavy atom. The number of ether oxygens (including phenoxy) is 1. The highest BCUT2D eigenvalue weighted by Crippen LogP contribution is 2.27. The summed E-state index contributed by atoms with van der Waals surface area (Å²) in [4.78, 5) is 8.41. The van der Waals surface area contributed by atoms with Crippen LogP contribution in [0.1, 0.15) is 5.56 Å². The van der Waals surface area contributed by atoms with Gasteiger partial charge in [-0.3, -0.25) is 4.98 Å². The normalized spacial score (nSPS) is 10.6. The lowest BCUT2D eigenvalue weighted by Crippen LogP contribution is -1.94. The zero-order valence-corrected chi connectivity index (χ0v) is 13.5. The van der Waals surface area contributed by atoms with Crippen LogP contribution in [0.5, 0.6) is 5.75 Å². The van der Waals surface area contributed by atoms with Gasteiger partial charge in [0.05, 0.1) is 11.8 Å². The fourth-order valence-electron chi connectivity index (χ4n) is 2.49. The molecule has 0 spiro atoms. The van der Waals surface area contributed by atoms with Gasteiger partial charge in [-0.05, 0) is 42.0 Å². The Morgan fingerprint density at radius 2 is 1.64 bits per heavy atom. The van der Waals surface area contributed by atoms with E-state index in [1.165, 1.54) is 0 Å². The lowest BCUT2D eigenvalue weighted by atomic mass is 10.2. The fraction of sp³-hybridized carbons (Fsp3) is 0.0476. The maximum Gasteiger partial charge on any atom is 0.228 e. The topological polar surface area (TPSA) is 48.2 Å². The number of aromatic nitrogens is 2. The second-order valence-electron chi connectivity index (χ2n) is 5.57. The zero-order valence-electron chi connectivity index (χ0n) is 13.5. The Kier molecular flexibility index (Phi) is 4.25. The Balaban J connectivity index is 1.46. The first-order chi connectivity index (χ1) is 12.4. The summed E-state index contributed by atoms with van der Waals surface area (Å²) in [5.74, 6) is 2.10. The molecule has 0 aliphatic carbocycles. The first kappa shape index (κ1) is 15.1. The average Bonchev–Trinajstić information content (AvgIpc) is 3.19. The van der Waals surface area contributed by atoms with Crippen LogP contribution in [-0.4, -0.2) is 9.97 Å². The molecule has 2 aromatic carbocycles. The molecule has 2 aromatic heterocycles. The molecule has 0 aliphatic rings. The minimum Gasteiger partial charge on any atom is -0.489 e. The Bertz CT molecular complexity index is 933. The van der Waals surface area contributed by atoms with Crippen LogP contribution < -0.4 is 4.74 Å². The van der Waals surface area contributed by atoms with Gasteiger partial charge in [0.25, 0.3) is 0 Å². The second-order valence-corrected chi connectivity index (χ2v) is 5.57. The van der Waals surface area contributed by atoms with Crippen molar-refractivity contribution in [1.82, 2.24) is 9.97 Å². The van der Waals surface area contributed by atoms with Crippen molar-refractivity contribution in [3.63, 3.8) is 0 Å². The molecule has 0 atom stereocenters. The zero-order chi connectivity index (χ0) is 16.9. The van der Waals surface area contributed by atoms with Crippen molar-refractivity contribution in [2.24, 2.45) is 0 Å². The Hall–Kier alpha value is -3.40. The quantitative estimate of drug-likeness (QED) is 0.518. The standard InChI is InChI=1S/C21H16N2O2/c1-2-5-16(6-3-1)15-24-19-10-8-17(9-11-19)20-14-23-21(25-20)18-7-4-12-22-13-18/h1-14H,15H2. The first-order valence-corrected chi connectivity index (χ1v) is 8.02. The molecule has 0 unspecified atom stereocenters. The highest BCUT2D eigenvalue weighted by molar-refractivity contribution is 5.61. The summed E-state index contributed by atoms with van der Waals surface area (Å²) in [7, 11) is 0. The third kappa shape index (κ3) is 3.58. The molecule has 0 bridgehead atoms. The SMILES string of the molecule is c1ccc(COc2ccc(-c3cnc(-c4cccnc4)o3)cc2)cc1. The van der Waals surface area contributed by atoms with Crippen molar-refractivity contribution in [2.75, 3.05) is 0 Å². The third-order valence-electron chi connectivity index (χ3n) is 3.80. The molecule has 0 radical (unpaired) electrons. The first-order valence-electron chi connectivity index (χ1n) is 8.02. The van der Waals surface area contributed by atoms with Crippen molar-refractivity contribution in [3.05, 3.63) is 90.9 Å². The van der Waals surface area contributed by atoms with E-state index in [1.807, 2.05) is 66.7 Å². The average molecular weight is 328 g/mol. The lowest BCUT2D eigenvalue weighted by Gasteiger charge is -2.06. The summed E-state index contributed by atoms with van der Waals surface area (Å²) < 4.78 is 11.6. The van der Waals surface area contributed by atoms with Gasteiger partial charge < -0.3 is 9.15 Å². The summed E-state index contributed by atoms with van der Waals surface area (Å²) >= 11 is 0. The number of rotatable bonds is 5. The van der Waals surface area contributed by atoms with Gasteiger partial charge in [-0.1, -0.05) is 30.3 Å². The van der Waals surface area contributed by atoms with Crippen LogP contribution in [0, 0.1) is 0 Å². The minimum atomic E-state index is 0.549. The van der Waals surface area contributed by atoms with Crippen molar-refractivity contribution >= 4 is 0 Å². The molecule has 4 nitrogen and oxygen atoms in total. The molecule has 0 N–H and O–H groups in total. The number of nitrogens with zero attached hydrogens (tertiary/aromatic N) is 2. The van der Waals surface area contributed by atoms with Crippen molar-refractivity contribution in [2.45, 2.75) is 6.61 Å².